The number of carbonyl (C=O) groups excluding carboxylic acids is 2. The molecule has 1 aromatic rings. The third-order valence-corrected chi connectivity index (χ3v) is 5.51. The van der Waals surface area contributed by atoms with Crippen LogP contribution in [-0.2, 0) is 20.7 Å². The fraction of sp³-hybridized carbons (Fsp3) is 0.529. The minimum atomic E-state index is -0.568. The summed E-state index contributed by atoms with van der Waals surface area (Å²) in [6, 6.07) is 5.41. The molecule has 2 amide bonds. The van der Waals surface area contributed by atoms with Gasteiger partial charge in [0, 0.05) is 19.5 Å². The molecule has 0 aromatic heterocycles. The van der Waals surface area contributed by atoms with E-state index in [1.165, 1.54) is 0 Å². The highest BCUT2D eigenvalue weighted by molar-refractivity contribution is 5.85. The Hall–Kier alpha value is -2.28. The lowest BCUT2D eigenvalue weighted by molar-refractivity contribution is -0.139. The van der Waals surface area contributed by atoms with Gasteiger partial charge in [-0.05, 0) is 17.7 Å². The molecule has 7 nitrogen and oxygen atoms in total. The van der Waals surface area contributed by atoms with E-state index in [2.05, 4.69) is 0 Å². The molecule has 0 N–H and O–H groups in total. The highest BCUT2D eigenvalue weighted by atomic mass is 16.7. The maximum absolute atomic E-state index is 12.8. The van der Waals surface area contributed by atoms with Gasteiger partial charge < -0.3 is 24.0 Å². The third-order valence-electron chi connectivity index (χ3n) is 5.51. The molecule has 1 spiro atoms. The van der Waals surface area contributed by atoms with Gasteiger partial charge in [-0.25, -0.2) is 0 Å². The molecule has 126 valence electrons. The first-order chi connectivity index (χ1) is 11.7. The van der Waals surface area contributed by atoms with Gasteiger partial charge in [-0.3, -0.25) is 9.59 Å². The number of fused-ring (bicyclic) bond motifs is 1. The van der Waals surface area contributed by atoms with Crippen molar-refractivity contribution < 1.29 is 23.8 Å². The number of carbonyl (C=O) groups is 2. The number of nitrogens with zero attached hydrogens (tertiary/aromatic N) is 2. The summed E-state index contributed by atoms with van der Waals surface area (Å²) in [7, 11) is 0. The molecule has 0 radical (unpaired) electrons. The van der Waals surface area contributed by atoms with Gasteiger partial charge in [0.2, 0.25) is 18.6 Å². The minimum absolute atomic E-state index is 0.0286. The van der Waals surface area contributed by atoms with E-state index in [1.54, 1.807) is 0 Å². The Bertz CT molecular complexity index is 736. The number of amides is 2. The van der Waals surface area contributed by atoms with Crippen molar-refractivity contribution in [2.75, 3.05) is 26.5 Å². The van der Waals surface area contributed by atoms with E-state index in [4.69, 9.17) is 14.2 Å². The van der Waals surface area contributed by atoms with Gasteiger partial charge in [-0.2, -0.15) is 0 Å². The number of likely N-dealkylation sites (tertiary alicyclic amines) is 1. The van der Waals surface area contributed by atoms with Crippen LogP contribution in [-0.4, -0.2) is 59.9 Å². The number of hydrogen-bond donors (Lipinski definition) is 0. The molecule has 24 heavy (non-hydrogen) atoms. The molecule has 4 aliphatic rings. The van der Waals surface area contributed by atoms with Crippen LogP contribution in [0.4, 0.5) is 0 Å². The Kier molecular flexibility index (Phi) is 2.85. The van der Waals surface area contributed by atoms with E-state index in [0.717, 1.165) is 5.56 Å². The number of benzene rings is 1. The molecule has 7 heteroatoms. The largest absolute Gasteiger partial charge is 0.454 e. The van der Waals surface area contributed by atoms with Gasteiger partial charge in [0.25, 0.3) is 0 Å². The van der Waals surface area contributed by atoms with Crippen LogP contribution in [0.5, 0.6) is 11.5 Å². The minimum Gasteiger partial charge on any atom is -0.454 e. The maximum Gasteiger partial charge on any atom is 0.231 e. The summed E-state index contributed by atoms with van der Waals surface area (Å²) in [6.45, 7) is 2.06. The molecule has 3 fully saturated rings. The summed E-state index contributed by atoms with van der Waals surface area (Å²) in [5.41, 5.74) is 0.320. The van der Waals surface area contributed by atoms with Gasteiger partial charge in [0.1, 0.15) is 0 Å². The van der Waals surface area contributed by atoms with Crippen LogP contribution in [0.1, 0.15) is 18.4 Å². The zero-order valence-corrected chi connectivity index (χ0v) is 13.2. The Balaban J connectivity index is 1.36. The van der Waals surface area contributed by atoms with Gasteiger partial charge in [0.05, 0.1) is 25.5 Å². The van der Waals surface area contributed by atoms with Crippen molar-refractivity contribution in [1.29, 1.82) is 0 Å². The molecule has 0 aliphatic carbocycles. The van der Waals surface area contributed by atoms with Crippen LogP contribution in [0.15, 0.2) is 18.2 Å². The molecule has 4 heterocycles. The van der Waals surface area contributed by atoms with Crippen LogP contribution in [0.25, 0.3) is 0 Å². The van der Waals surface area contributed by atoms with E-state index in [1.807, 2.05) is 28.0 Å². The van der Waals surface area contributed by atoms with Crippen molar-refractivity contribution in [2.45, 2.75) is 31.0 Å². The SMILES string of the molecule is O=C(Cc1ccc2c(c1)OCO2)N1CC[C@@]23OCCN2C(=O)C[C@@H]13. The van der Waals surface area contributed by atoms with Gasteiger partial charge in [-0.1, -0.05) is 6.07 Å². The fourth-order valence-corrected chi connectivity index (χ4v) is 4.42. The van der Waals surface area contributed by atoms with Crippen molar-refractivity contribution in [2.24, 2.45) is 0 Å². The summed E-state index contributed by atoms with van der Waals surface area (Å²) in [6.07, 6.45) is 1.36. The average molecular weight is 330 g/mol. The van der Waals surface area contributed by atoms with E-state index in [9.17, 15) is 9.59 Å². The molecule has 3 saturated heterocycles. The zero-order chi connectivity index (χ0) is 16.3. The molecular formula is C17H18N2O5. The van der Waals surface area contributed by atoms with Crippen LogP contribution < -0.4 is 9.47 Å². The highest BCUT2D eigenvalue weighted by Crippen LogP contribution is 2.45. The van der Waals surface area contributed by atoms with E-state index in [-0.39, 0.29) is 31.1 Å². The van der Waals surface area contributed by atoms with Gasteiger partial charge in [-0.15, -0.1) is 0 Å². The molecule has 2 atom stereocenters. The van der Waals surface area contributed by atoms with Crippen molar-refractivity contribution in [3.63, 3.8) is 0 Å². The van der Waals surface area contributed by atoms with E-state index in [0.29, 0.717) is 44.0 Å². The Morgan fingerprint density at radius 1 is 1.25 bits per heavy atom. The van der Waals surface area contributed by atoms with Gasteiger partial charge >= 0.3 is 0 Å². The summed E-state index contributed by atoms with van der Waals surface area (Å²) >= 11 is 0. The lowest BCUT2D eigenvalue weighted by Crippen LogP contribution is -2.49. The third kappa shape index (κ3) is 1.81. The van der Waals surface area contributed by atoms with Gasteiger partial charge in [0.15, 0.2) is 17.2 Å². The number of rotatable bonds is 2. The second-order valence-corrected chi connectivity index (χ2v) is 6.66. The lowest BCUT2D eigenvalue weighted by Gasteiger charge is -2.31. The highest BCUT2D eigenvalue weighted by Gasteiger charge is 2.62. The molecule has 0 bridgehead atoms. The zero-order valence-electron chi connectivity index (χ0n) is 13.2. The maximum atomic E-state index is 12.8. The Labute approximate surface area is 139 Å². The Morgan fingerprint density at radius 2 is 2.12 bits per heavy atom. The lowest BCUT2D eigenvalue weighted by atomic mass is 10.1. The fourth-order valence-electron chi connectivity index (χ4n) is 4.42. The molecule has 4 aliphatic heterocycles. The number of ether oxygens (including phenoxy) is 3. The topological polar surface area (TPSA) is 68.3 Å². The second-order valence-electron chi connectivity index (χ2n) is 6.66. The van der Waals surface area contributed by atoms with Crippen LogP contribution in [0, 0.1) is 0 Å². The van der Waals surface area contributed by atoms with Crippen molar-refractivity contribution in [1.82, 2.24) is 9.80 Å². The molecule has 0 saturated carbocycles. The molecular weight excluding hydrogens is 312 g/mol. The summed E-state index contributed by atoms with van der Waals surface area (Å²) < 4.78 is 16.6. The van der Waals surface area contributed by atoms with E-state index < -0.39 is 5.72 Å². The molecule has 0 unspecified atom stereocenters. The van der Waals surface area contributed by atoms with Crippen LogP contribution in [0.2, 0.25) is 0 Å². The monoisotopic (exact) mass is 330 g/mol. The van der Waals surface area contributed by atoms with Crippen LogP contribution >= 0.6 is 0 Å². The first-order valence-electron chi connectivity index (χ1n) is 8.30. The standard InChI is InChI=1S/C17H18N2O5/c20-15(8-11-1-2-12-13(7-11)23-10-22-12)18-4-3-17-14(18)9-16(21)19(17)5-6-24-17/h1-2,7,14H,3-6,8-10H2/t14-,17+/m1/s1. The summed E-state index contributed by atoms with van der Waals surface area (Å²) in [5.74, 6) is 1.52. The quantitative estimate of drug-likeness (QED) is 0.791. The van der Waals surface area contributed by atoms with Crippen LogP contribution in [0.3, 0.4) is 0 Å². The van der Waals surface area contributed by atoms with Crippen molar-refractivity contribution >= 4 is 11.8 Å². The molecule has 5 rings (SSSR count). The summed E-state index contributed by atoms with van der Waals surface area (Å²) in [5, 5.41) is 0. The average Bonchev–Trinajstić information content (AvgIpc) is 3.29. The summed E-state index contributed by atoms with van der Waals surface area (Å²) in [4.78, 5) is 28.7. The normalized spacial score (nSPS) is 30.0. The Morgan fingerprint density at radius 3 is 3.04 bits per heavy atom. The number of hydrogen-bond acceptors (Lipinski definition) is 5. The first kappa shape index (κ1) is 14.1. The van der Waals surface area contributed by atoms with E-state index >= 15 is 0 Å². The smallest absolute Gasteiger partial charge is 0.231 e. The molecule has 1 aromatic carbocycles. The second kappa shape index (κ2) is 4.86. The predicted octanol–water partition coefficient (Wildman–Crippen LogP) is 0.517. The predicted molar refractivity (Wildman–Crippen MR) is 81.4 cm³/mol. The first-order valence-corrected chi connectivity index (χ1v) is 8.30. The van der Waals surface area contributed by atoms with Crippen molar-refractivity contribution in [3.05, 3.63) is 23.8 Å². The van der Waals surface area contributed by atoms with Crippen molar-refractivity contribution in [3.8, 4) is 11.5 Å².